The smallest absolute Gasteiger partial charge is 0.170 e. The van der Waals surface area contributed by atoms with Gasteiger partial charge in [0, 0.05) is 5.75 Å². The number of allylic oxidation sites excluding steroid dienone is 1. The molecule has 0 aliphatic heterocycles. The SMILES string of the molecule is NC(CS)C(O)OC1CC=CCCCC1. The lowest BCUT2D eigenvalue weighted by Gasteiger charge is -2.24. The van der Waals surface area contributed by atoms with Crippen molar-refractivity contribution in [2.75, 3.05) is 5.75 Å². The van der Waals surface area contributed by atoms with Crippen LogP contribution < -0.4 is 5.73 Å². The molecule has 0 spiro atoms. The van der Waals surface area contributed by atoms with Gasteiger partial charge in [0.25, 0.3) is 0 Å². The molecule has 88 valence electrons. The summed E-state index contributed by atoms with van der Waals surface area (Å²) >= 11 is 4.03. The average Bonchev–Trinajstić information content (AvgIpc) is 2.20. The molecule has 15 heavy (non-hydrogen) atoms. The minimum atomic E-state index is -0.889. The Bertz CT molecular complexity index is 199. The van der Waals surface area contributed by atoms with Crippen LogP contribution in [-0.4, -0.2) is 29.3 Å². The lowest BCUT2D eigenvalue weighted by atomic mass is 10.0. The third kappa shape index (κ3) is 5.02. The highest BCUT2D eigenvalue weighted by Crippen LogP contribution is 2.16. The first kappa shape index (κ1) is 13.0. The topological polar surface area (TPSA) is 55.5 Å². The predicted molar refractivity (Wildman–Crippen MR) is 64.9 cm³/mol. The van der Waals surface area contributed by atoms with Crippen LogP contribution in [0.3, 0.4) is 0 Å². The van der Waals surface area contributed by atoms with E-state index in [1.54, 1.807) is 0 Å². The van der Waals surface area contributed by atoms with Crippen LogP contribution in [0.1, 0.15) is 32.1 Å². The van der Waals surface area contributed by atoms with Crippen molar-refractivity contribution in [2.45, 2.75) is 50.5 Å². The second-order valence-electron chi connectivity index (χ2n) is 3.99. The Kier molecular flexibility index (Phi) is 6.32. The summed E-state index contributed by atoms with van der Waals surface area (Å²) in [5, 5.41) is 9.61. The van der Waals surface area contributed by atoms with Crippen LogP contribution in [0.4, 0.5) is 0 Å². The minimum absolute atomic E-state index is 0.0995. The van der Waals surface area contributed by atoms with E-state index in [0.29, 0.717) is 5.75 Å². The quantitative estimate of drug-likeness (QED) is 0.390. The molecule has 0 saturated carbocycles. The van der Waals surface area contributed by atoms with Gasteiger partial charge >= 0.3 is 0 Å². The number of thiol groups is 1. The lowest BCUT2D eigenvalue weighted by molar-refractivity contribution is -0.145. The van der Waals surface area contributed by atoms with Crippen LogP contribution in [0, 0.1) is 0 Å². The van der Waals surface area contributed by atoms with Crippen LogP contribution in [0.25, 0.3) is 0 Å². The summed E-state index contributed by atoms with van der Waals surface area (Å²) in [7, 11) is 0. The molecule has 3 N–H and O–H groups in total. The molecule has 0 radical (unpaired) electrons. The molecule has 0 aromatic heterocycles. The molecule has 1 rings (SSSR count). The fourth-order valence-electron chi connectivity index (χ4n) is 1.63. The molecule has 1 aliphatic rings. The Labute approximate surface area is 97.1 Å². The number of aliphatic hydroxyl groups excluding tert-OH is 1. The molecule has 0 saturated heterocycles. The zero-order chi connectivity index (χ0) is 11.1. The summed E-state index contributed by atoms with van der Waals surface area (Å²) in [4.78, 5) is 0. The Hall–Kier alpha value is -0.0300. The van der Waals surface area contributed by atoms with E-state index in [4.69, 9.17) is 10.5 Å². The van der Waals surface area contributed by atoms with Crippen molar-refractivity contribution in [3.8, 4) is 0 Å². The van der Waals surface area contributed by atoms with Crippen molar-refractivity contribution >= 4 is 12.6 Å². The summed E-state index contributed by atoms with van der Waals surface area (Å²) in [5.41, 5.74) is 5.63. The molecular weight excluding hydrogens is 210 g/mol. The average molecular weight is 231 g/mol. The summed E-state index contributed by atoms with van der Waals surface area (Å²) in [6.45, 7) is 0. The first-order chi connectivity index (χ1) is 7.24. The number of rotatable bonds is 4. The molecule has 3 unspecified atom stereocenters. The van der Waals surface area contributed by atoms with Gasteiger partial charge in [0.2, 0.25) is 0 Å². The molecule has 4 heteroatoms. The lowest BCUT2D eigenvalue weighted by Crippen LogP contribution is -2.40. The van der Waals surface area contributed by atoms with E-state index in [0.717, 1.165) is 25.7 Å². The normalized spacial score (nSPS) is 26.7. The molecular formula is C11H21NO2S. The van der Waals surface area contributed by atoms with E-state index in [1.165, 1.54) is 6.42 Å². The van der Waals surface area contributed by atoms with E-state index in [1.807, 2.05) is 0 Å². The van der Waals surface area contributed by atoms with Crippen molar-refractivity contribution in [3.05, 3.63) is 12.2 Å². The van der Waals surface area contributed by atoms with Crippen LogP contribution in [0.5, 0.6) is 0 Å². The predicted octanol–water partition coefficient (Wildman–Crippen LogP) is 1.47. The maximum atomic E-state index is 9.61. The van der Waals surface area contributed by atoms with Crippen LogP contribution >= 0.6 is 12.6 Å². The number of hydrogen-bond donors (Lipinski definition) is 3. The van der Waals surface area contributed by atoms with Gasteiger partial charge in [-0.25, -0.2) is 0 Å². The first-order valence-corrected chi connectivity index (χ1v) is 6.22. The summed E-state index contributed by atoms with van der Waals surface area (Å²) in [6, 6.07) is -0.400. The zero-order valence-corrected chi connectivity index (χ0v) is 9.90. The van der Waals surface area contributed by atoms with Crippen molar-refractivity contribution in [3.63, 3.8) is 0 Å². The number of aliphatic hydroxyl groups is 1. The Morgan fingerprint density at radius 2 is 2.27 bits per heavy atom. The maximum absolute atomic E-state index is 9.61. The van der Waals surface area contributed by atoms with E-state index in [2.05, 4.69) is 24.8 Å². The summed E-state index contributed by atoms with van der Waals surface area (Å²) in [6.07, 6.45) is 8.90. The highest BCUT2D eigenvalue weighted by atomic mass is 32.1. The zero-order valence-electron chi connectivity index (χ0n) is 9.01. The monoisotopic (exact) mass is 231 g/mol. The van der Waals surface area contributed by atoms with Gasteiger partial charge in [-0.05, 0) is 25.7 Å². The van der Waals surface area contributed by atoms with Crippen molar-refractivity contribution in [1.82, 2.24) is 0 Å². The molecule has 0 fully saturated rings. The molecule has 0 amide bonds. The van der Waals surface area contributed by atoms with Crippen LogP contribution in [0.15, 0.2) is 12.2 Å². The molecule has 1 aliphatic carbocycles. The van der Waals surface area contributed by atoms with E-state index >= 15 is 0 Å². The van der Waals surface area contributed by atoms with Gasteiger partial charge in [0.15, 0.2) is 6.29 Å². The second-order valence-corrected chi connectivity index (χ2v) is 4.35. The Balaban J connectivity index is 2.34. The van der Waals surface area contributed by atoms with Crippen LogP contribution in [-0.2, 0) is 4.74 Å². The summed E-state index contributed by atoms with van der Waals surface area (Å²) in [5.74, 6) is 0.434. The molecule has 3 nitrogen and oxygen atoms in total. The molecule has 3 atom stereocenters. The van der Waals surface area contributed by atoms with Gasteiger partial charge in [0.05, 0.1) is 12.1 Å². The molecule has 0 aromatic rings. The third-order valence-electron chi connectivity index (χ3n) is 2.62. The van der Waals surface area contributed by atoms with E-state index in [9.17, 15) is 5.11 Å². The standard InChI is InChI=1S/C11H21NO2S/c12-10(8-15)11(13)14-9-6-4-2-1-3-5-7-9/h2,4,9-11,13,15H,1,3,5-8,12H2. The first-order valence-electron chi connectivity index (χ1n) is 5.59. The highest BCUT2D eigenvalue weighted by Gasteiger charge is 2.19. The second kappa shape index (κ2) is 7.28. The fourth-order valence-corrected chi connectivity index (χ4v) is 1.81. The molecule has 0 bridgehead atoms. The van der Waals surface area contributed by atoms with Crippen LogP contribution in [0.2, 0.25) is 0 Å². The summed E-state index contributed by atoms with van der Waals surface area (Å²) < 4.78 is 5.51. The van der Waals surface area contributed by atoms with Crippen molar-refractivity contribution in [1.29, 1.82) is 0 Å². The molecule has 0 aromatic carbocycles. The van der Waals surface area contributed by atoms with Crippen molar-refractivity contribution < 1.29 is 9.84 Å². The van der Waals surface area contributed by atoms with Gasteiger partial charge in [-0.1, -0.05) is 18.6 Å². The van der Waals surface area contributed by atoms with Gasteiger partial charge in [-0.3, -0.25) is 0 Å². The largest absolute Gasteiger partial charge is 0.367 e. The fraction of sp³-hybridized carbons (Fsp3) is 0.818. The number of hydrogen-bond acceptors (Lipinski definition) is 4. The molecule has 0 heterocycles. The maximum Gasteiger partial charge on any atom is 0.170 e. The van der Waals surface area contributed by atoms with Gasteiger partial charge < -0.3 is 15.6 Å². The Morgan fingerprint density at radius 1 is 1.47 bits per heavy atom. The minimum Gasteiger partial charge on any atom is -0.367 e. The van der Waals surface area contributed by atoms with Gasteiger partial charge in [0.1, 0.15) is 0 Å². The number of nitrogens with two attached hydrogens (primary N) is 1. The highest BCUT2D eigenvalue weighted by molar-refractivity contribution is 7.80. The van der Waals surface area contributed by atoms with Gasteiger partial charge in [-0.2, -0.15) is 12.6 Å². The Morgan fingerprint density at radius 3 is 3.00 bits per heavy atom. The van der Waals surface area contributed by atoms with Gasteiger partial charge in [-0.15, -0.1) is 0 Å². The third-order valence-corrected chi connectivity index (χ3v) is 3.04. The van der Waals surface area contributed by atoms with Crippen molar-refractivity contribution in [2.24, 2.45) is 5.73 Å². The van der Waals surface area contributed by atoms with E-state index < -0.39 is 12.3 Å². The van der Waals surface area contributed by atoms with E-state index in [-0.39, 0.29) is 6.10 Å². The number of ether oxygens (including phenoxy) is 1.